The van der Waals surface area contributed by atoms with E-state index < -0.39 is 11.4 Å². The molecule has 2 N–H and O–H groups in total. The van der Waals surface area contributed by atoms with Crippen molar-refractivity contribution in [3.8, 4) is 6.07 Å². The maximum Gasteiger partial charge on any atom is 0.274 e. The highest BCUT2D eigenvalue weighted by Crippen LogP contribution is 2.21. The number of aromatic amines is 1. The number of hydrogen-bond acceptors (Lipinski definition) is 4. The Balaban J connectivity index is 1.96. The predicted octanol–water partition coefficient (Wildman–Crippen LogP) is 2.50. The normalized spacial score (nSPS) is 10.6. The summed E-state index contributed by atoms with van der Waals surface area (Å²) in [4.78, 5) is 26.8. The van der Waals surface area contributed by atoms with E-state index in [9.17, 15) is 14.0 Å². The number of fused-ring (bicyclic) bond motifs is 1. The average molecular weight is 359 g/mol. The van der Waals surface area contributed by atoms with Crippen molar-refractivity contribution in [2.45, 2.75) is 6.54 Å². The van der Waals surface area contributed by atoms with E-state index in [0.717, 1.165) is 6.07 Å². The monoisotopic (exact) mass is 358 g/mol. The number of H-pyrrole nitrogens is 1. The number of aromatic nitrogens is 2. The molecule has 2 heterocycles. The summed E-state index contributed by atoms with van der Waals surface area (Å²) in [6.45, 7) is 0.0561. The minimum Gasteiger partial charge on any atom is -0.376 e. The predicted molar refractivity (Wildman–Crippen MR) is 93.3 cm³/mol. The molecule has 0 unspecified atom stereocenters. The fraction of sp³-hybridized carbons (Fsp3) is 0.118. The van der Waals surface area contributed by atoms with E-state index in [-0.39, 0.29) is 34.0 Å². The molecule has 0 saturated heterocycles. The van der Waals surface area contributed by atoms with Gasteiger partial charge in [-0.3, -0.25) is 9.59 Å². The largest absolute Gasteiger partial charge is 0.376 e. The van der Waals surface area contributed by atoms with Crippen molar-refractivity contribution < 1.29 is 4.39 Å². The quantitative estimate of drug-likeness (QED) is 0.752. The van der Waals surface area contributed by atoms with Gasteiger partial charge in [0.05, 0.1) is 5.52 Å². The highest BCUT2D eigenvalue weighted by Gasteiger charge is 2.10. The van der Waals surface area contributed by atoms with E-state index in [2.05, 4.69) is 10.3 Å². The van der Waals surface area contributed by atoms with Crippen molar-refractivity contribution in [1.29, 1.82) is 5.26 Å². The zero-order valence-electron chi connectivity index (χ0n) is 13.1. The number of rotatable bonds is 3. The molecule has 0 aliphatic heterocycles. The van der Waals surface area contributed by atoms with Crippen LogP contribution in [0.4, 0.5) is 10.1 Å². The van der Waals surface area contributed by atoms with Crippen LogP contribution in [-0.4, -0.2) is 9.55 Å². The fourth-order valence-corrected chi connectivity index (χ4v) is 2.70. The van der Waals surface area contributed by atoms with E-state index in [1.54, 1.807) is 6.07 Å². The molecular weight excluding hydrogens is 347 g/mol. The standard InChI is InChI=1S/C17H12ClFN4O2/c1-23-12(7-20)2-3-14(17(23)25)21-8-10-4-9-5-11(18)6-13(19)15(9)22-16(10)24/h2-6,21H,8H2,1H3,(H,22,24). The molecule has 126 valence electrons. The van der Waals surface area contributed by atoms with Gasteiger partial charge in [0.2, 0.25) is 0 Å². The lowest BCUT2D eigenvalue weighted by Gasteiger charge is -2.09. The zero-order chi connectivity index (χ0) is 18.1. The second kappa shape index (κ2) is 6.42. The summed E-state index contributed by atoms with van der Waals surface area (Å²) in [6.07, 6.45) is 0. The average Bonchev–Trinajstić information content (AvgIpc) is 2.57. The number of pyridine rings is 2. The molecule has 3 aromatic rings. The molecule has 2 aromatic heterocycles. The van der Waals surface area contributed by atoms with Crippen molar-refractivity contribution in [1.82, 2.24) is 9.55 Å². The van der Waals surface area contributed by atoms with Crippen molar-refractivity contribution in [3.05, 3.63) is 73.1 Å². The number of nitrogens with one attached hydrogen (secondary N) is 2. The van der Waals surface area contributed by atoms with Crippen LogP contribution in [0.2, 0.25) is 5.02 Å². The van der Waals surface area contributed by atoms with Gasteiger partial charge >= 0.3 is 0 Å². The Hall–Kier alpha value is -3.11. The highest BCUT2D eigenvalue weighted by atomic mass is 35.5. The number of hydrogen-bond donors (Lipinski definition) is 2. The van der Waals surface area contributed by atoms with Crippen molar-refractivity contribution in [3.63, 3.8) is 0 Å². The Morgan fingerprint density at radius 2 is 2.08 bits per heavy atom. The second-order valence-electron chi connectivity index (χ2n) is 5.44. The minimum atomic E-state index is -0.611. The fourth-order valence-electron chi connectivity index (χ4n) is 2.49. The van der Waals surface area contributed by atoms with E-state index in [1.165, 1.54) is 29.8 Å². The summed E-state index contributed by atoms with van der Waals surface area (Å²) in [5, 5.41) is 12.4. The first-order valence-corrected chi connectivity index (χ1v) is 7.63. The lowest BCUT2D eigenvalue weighted by molar-refractivity contribution is 0.636. The molecule has 25 heavy (non-hydrogen) atoms. The summed E-state index contributed by atoms with van der Waals surface area (Å²) in [7, 11) is 1.49. The highest BCUT2D eigenvalue weighted by molar-refractivity contribution is 6.31. The molecule has 6 nitrogen and oxygen atoms in total. The molecule has 3 rings (SSSR count). The van der Waals surface area contributed by atoms with Gasteiger partial charge in [0.25, 0.3) is 11.1 Å². The van der Waals surface area contributed by atoms with Gasteiger partial charge in [-0.05, 0) is 30.3 Å². The number of nitrogens with zero attached hydrogens (tertiary/aromatic N) is 2. The Morgan fingerprint density at radius 3 is 2.80 bits per heavy atom. The topological polar surface area (TPSA) is 90.7 Å². The minimum absolute atomic E-state index is 0.0561. The van der Waals surface area contributed by atoms with Crippen molar-refractivity contribution in [2.24, 2.45) is 7.05 Å². The maximum atomic E-state index is 13.8. The van der Waals surface area contributed by atoms with Crippen LogP contribution in [0.5, 0.6) is 0 Å². The summed E-state index contributed by atoms with van der Waals surface area (Å²) >= 11 is 5.84. The van der Waals surface area contributed by atoms with Crippen molar-refractivity contribution in [2.75, 3.05) is 5.32 Å². The van der Waals surface area contributed by atoms with Crippen LogP contribution in [0.3, 0.4) is 0 Å². The summed E-state index contributed by atoms with van der Waals surface area (Å²) in [5.74, 6) is -0.611. The lowest BCUT2D eigenvalue weighted by Crippen LogP contribution is -2.24. The van der Waals surface area contributed by atoms with Crippen LogP contribution >= 0.6 is 11.6 Å². The van der Waals surface area contributed by atoms with Crippen LogP contribution in [-0.2, 0) is 13.6 Å². The Kier molecular flexibility index (Phi) is 4.30. The van der Waals surface area contributed by atoms with E-state index in [4.69, 9.17) is 16.9 Å². The maximum absolute atomic E-state index is 13.8. The van der Waals surface area contributed by atoms with Gasteiger partial charge < -0.3 is 14.9 Å². The third-order valence-electron chi connectivity index (χ3n) is 3.83. The van der Waals surface area contributed by atoms with Gasteiger partial charge in [0.15, 0.2) is 0 Å². The van der Waals surface area contributed by atoms with Crippen molar-refractivity contribution >= 4 is 28.2 Å². The van der Waals surface area contributed by atoms with E-state index in [1.807, 2.05) is 6.07 Å². The second-order valence-corrected chi connectivity index (χ2v) is 5.87. The number of halogens is 2. The molecule has 0 radical (unpaired) electrons. The first-order valence-electron chi connectivity index (χ1n) is 7.25. The molecular formula is C17H12ClFN4O2. The Morgan fingerprint density at radius 1 is 1.32 bits per heavy atom. The zero-order valence-corrected chi connectivity index (χ0v) is 13.8. The molecule has 0 spiro atoms. The first kappa shape index (κ1) is 16.7. The number of benzene rings is 1. The van der Waals surface area contributed by atoms with E-state index in [0.29, 0.717) is 10.9 Å². The smallest absolute Gasteiger partial charge is 0.274 e. The third kappa shape index (κ3) is 3.12. The summed E-state index contributed by atoms with van der Waals surface area (Å²) in [5.41, 5.74) is 0.0209. The van der Waals surface area contributed by atoms with Crippen LogP contribution in [0.25, 0.3) is 10.9 Å². The molecule has 0 fully saturated rings. The summed E-state index contributed by atoms with van der Waals surface area (Å²) < 4.78 is 15.0. The van der Waals surface area contributed by atoms with Gasteiger partial charge in [0.1, 0.15) is 23.3 Å². The van der Waals surface area contributed by atoms with Crippen LogP contribution < -0.4 is 16.4 Å². The number of nitriles is 1. The van der Waals surface area contributed by atoms with Crippen LogP contribution in [0.15, 0.2) is 39.9 Å². The van der Waals surface area contributed by atoms with Crippen LogP contribution in [0, 0.1) is 17.1 Å². The molecule has 0 aliphatic carbocycles. The van der Waals surface area contributed by atoms with Gasteiger partial charge in [-0.15, -0.1) is 0 Å². The molecule has 0 atom stereocenters. The van der Waals surface area contributed by atoms with Crippen LogP contribution in [0.1, 0.15) is 11.3 Å². The Bertz CT molecular complexity index is 1140. The molecule has 0 aliphatic rings. The van der Waals surface area contributed by atoms with Gasteiger partial charge in [-0.2, -0.15) is 5.26 Å². The third-order valence-corrected chi connectivity index (χ3v) is 4.05. The molecule has 1 aromatic carbocycles. The molecule has 0 saturated carbocycles. The Labute approximate surface area is 146 Å². The molecule has 8 heteroatoms. The van der Waals surface area contributed by atoms with Gasteiger partial charge in [-0.1, -0.05) is 11.6 Å². The first-order chi connectivity index (χ1) is 11.9. The lowest BCUT2D eigenvalue weighted by atomic mass is 10.1. The molecule has 0 amide bonds. The summed E-state index contributed by atoms with van der Waals surface area (Å²) in [6, 6.07) is 9.07. The van der Waals surface area contributed by atoms with E-state index >= 15 is 0 Å². The van der Waals surface area contributed by atoms with Gasteiger partial charge in [-0.25, -0.2) is 4.39 Å². The molecule has 0 bridgehead atoms. The number of anilines is 1. The SMILES string of the molecule is Cn1c(C#N)ccc(NCc2cc3cc(Cl)cc(F)c3[nH]c2=O)c1=O. The van der Waals surface area contributed by atoms with Gasteiger partial charge in [0, 0.05) is 29.6 Å².